The first-order valence-corrected chi connectivity index (χ1v) is 8.79. The topological polar surface area (TPSA) is 61.4 Å². The second-order valence-corrected chi connectivity index (χ2v) is 7.03. The minimum atomic E-state index is -0.604. The maximum atomic E-state index is 13.4. The summed E-state index contributed by atoms with van der Waals surface area (Å²) in [6.07, 6.45) is 1.09. The smallest absolute Gasteiger partial charge is 0.256 e. The lowest BCUT2D eigenvalue weighted by molar-refractivity contribution is 0.0639. The number of benzene rings is 2. The number of hydrogen-bond donors (Lipinski definition) is 2. The van der Waals surface area contributed by atoms with E-state index < -0.39 is 11.5 Å². The van der Waals surface area contributed by atoms with E-state index in [0.717, 1.165) is 0 Å². The van der Waals surface area contributed by atoms with E-state index in [4.69, 9.17) is 11.6 Å². The van der Waals surface area contributed by atoms with Gasteiger partial charge in [0.15, 0.2) is 0 Å². The number of amides is 2. The molecule has 0 atom stereocenters. The van der Waals surface area contributed by atoms with Gasteiger partial charge in [-0.25, -0.2) is 4.39 Å². The maximum Gasteiger partial charge on any atom is 0.256 e. The molecule has 0 aliphatic carbocycles. The van der Waals surface area contributed by atoms with Crippen LogP contribution in [0.5, 0.6) is 0 Å². The highest BCUT2D eigenvalue weighted by atomic mass is 35.5. The Morgan fingerprint density at radius 1 is 1.12 bits per heavy atom. The fourth-order valence-corrected chi connectivity index (χ4v) is 3.83. The van der Waals surface area contributed by atoms with E-state index in [9.17, 15) is 14.0 Å². The quantitative estimate of drug-likeness (QED) is 0.806. The van der Waals surface area contributed by atoms with Crippen molar-refractivity contribution in [3.05, 3.63) is 64.4 Å². The molecule has 4 rings (SSSR count). The third-order valence-electron chi connectivity index (χ3n) is 4.94. The summed E-state index contributed by atoms with van der Waals surface area (Å²) in [4.78, 5) is 26.7. The van der Waals surface area contributed by atoms with Crippen molar-refractivity contribution >= 4 is 29.1 Å². The van der Waals surface area contributed by atoms with Gasteiger partial charge in [0.1, 0.15) is 11.5 Å². The summed E-state index contributed by atoms with van der Waals surface area (Å²) >= 11 is 6.13. The number of halogens is 2. The van der Waals surface area contributed by atoms with Crippen molar-refractivity contribution < 1.29 is 14.0 Å². The molecule has 5 nitrogen and oxygen atoms in total. The Balaban J connectivity index is 1.50. The number of carbonyl (C=O) groups excluding carboxylic acids is 2. The number of nitrogens with one attached hydrogen (secondary N) is 2. The fourth-order valence-electron chi connectivity index (χ4n) is 3.57. The van der Waals surface area contributed by atoms with E-state index in [1.54, 1.807) is 23.1 Å². The highest BCUT2D eigenvalue weighted by molar-refractivity contribution is 6.34. The van der Waals surface area contributed by atoms with Gasteiger partial charge in [-0.3, -0.25) is 9.59 Å². The molecular weight excluding hydrogens is 357 g/mol. The van der Waals surface area contributed by atoms with Gasteiger partial charge in [0.25, 0.3) is 11.8 Å². The Kier molecular flexibility index (Phi) is 4.07. The van der Waals surface area contributed by atoms with Crippen molar-refractivity contribution in [2.75, 3.05) is 18.4 Å². The van der Waals surface area contributed by atoms with Crippen LogP contribution in [0.3, 0.4) is 0 Å². The lowest BCUT2D eigenvalue weighted by Gasteiger charge is -2.46. The Labute approximate surface area is 155 Å². The van der Waals surface area contributed by atoms with Gasteiger partial charge < -0.3 is 15.5 Å². The molecule has 1 fully saturated rings. The zero-order valence-corrected chi connectivity index (χ0v) is 14.6. The molecule has 26 heavy (non-hydrogen) atoms. The van der Waals surface area contributed by atoms with E-state index in [-0.39, 0.29) is 11.8 Å². The number of nitrogens with zero attached hydrogens (tertiary/aromatic N) is 1. The average Bonchev–Trinajstić information content (AvgIpc) is 2.61. The highest BCUT2D eigenvalue weighted by Gasteiger charge is 2.41. The first kappa shape index (κ1) is 16.8. The molecule has 0 saturated carbocycles. The van der Waals surface area contributed by atoms with E-state index in [1.807, 2.05) is 6.07 Å². The largest absolute Gasteiger partial charge is 0.362 e. The zero-order chi connectivity index (χ0) is 18.3. The van der Waals surface area contributed by atoms with Gasteiger partial charge in [-0.15, -0.1) is 0 Å². The summed E-state index contributed by atoms with van der Waals surface area (Å²) in [7, 11) is 0. The molecule has 2 N–H and O–H groups in total. The highest BCUT2D eigenvalue weighted by Crippen LogP contribution is 2.34. The number of rotatable bonds is 1. The summed E-state index contributed by atoms with van der Waals surface area (Å²) in [5.41, 5.74) is 0.871. The molecule has 1 saturated heterocycles. The minimum absolute atomic E-state index is 0.204. The first-order valence-electron chi connectivity index (χ1n) is 8.41. The third kappa shape index (κ3) is 2.90. The van der Waals surface area contributed by atoms with Crippen molar-refractivity contribution in [1.82, 2.24) is 10.2 Å². The van der Waals surface area contributed by atoms with E-state index in [0.29, 0.717) is 47.8 Å². The van der Waals surface area contributed by atoms with Crippen LogP contribution in [-0.2, 0) is 0 Å². The normalized spacial score (nSPS) is 18.1. The molecule has 2 aromatic carbocycles. The molecule has 0 bridgehead atoms. The molecule has 1 spiro atoms. The lowest BCUT2D eigenvalue weighted by atomic mass is 9.92. The van der Waals surface area contributed by atoms with Crippen molar-refractivity contribution in [3.8, 4) is 0 Å². The van der Waals surface area contributed by atoms with Crippen molar-refractivity contribution in [3.63, 3.8) is 0 Å². The predicted octanol–water partition coefficient (Wildman–Crippen LogP) is 3.27. The third-order valence-corrected chi connectivity index (χ3v) is 5.26. The van der Waals surface area contributed by atoms with E-state index in [2.05, 4.69) is 10.6 Å². The fraction of sp³-hybridized carbons (Fsp3) is 0.263. The summed E-state index contributed by atoms with van der Waals surface area (Å²) in [6, 6.07) is 11.0. The van der Waals surface area contributed by atoms with Crippen LogP contribution in [0.2, 0.25) is 5.02 Å². The molecule has 2 heterocycles. The monoisotopic (exact) mass is 373 g/mol. The zero-order valence-electron chi connectivity index (χ0n) is 13.9. The van der Waals surface area contributed by atoms with Crippen LogP contribution < -0.4 is 10.6 Å². The molecule has 134 valence electrons. The van der Waals surface area contributed by atoms with Gasteiger partial charge in [-0.1, -0.05) is 23.7 Å². The van der Waals surface area contributed by atoms with Crippen LogP contribution in [0.15, 0.2) is 42.5 Å². The summed E-state index contributed by atoms with van der Waals surface area (Å²) < 4.78 is 13.4. The molecular formula is C19H17ClFN3O2. The first-order chi connectivity index (χ1) is 12.5. The number of piperidine rings is 1. The summed E-state index contributed by atoms with van der Waals surface area (Å²) in [5.74, 6) is -0.849. The lowest BCUT2D eigenvalue weighted by Crippen LogP contribution is -2.62. The molecule has 2 aliphatic heterocycles. The predicted molar refractivity (Wildman–Crippen MR) is 96.8 cm³/mol. The van der Waals surface area contributed by atoms with Gasteiger partial charge in [-0.2, -0.15) is 0 Å². The second-order valence-electron chi connectivity index (χ2n) is 6.63. The second kappa shape index (κ2) is 6.29. The van der Waals surface area contributed by atoms with E-state index in [1.165, 1.54) is 18.2 Å². The Hall–Kier alpha value is -2.60. The molecule has 2 aromatic rings. The van der Waals surface area contributed by atoms with Crippen molar-refractivity contribution in [2.24, 2.45) is 0 Å². The number of likely N-dealkylation sites (tertiary alicyclic amines) is 1. The molecule has 0 unspecified atom stereocenters. The number of anilines is 1. The standard InChI is InChI=1S/C19H17ClFN3O2/c20-14-5-2-6-15-16(14)17(25)23-19(22-15)7-9-24(10-8-19)18(26)12-3-1-4-13(21)11-12/h1-6,11,22H,7-10H2,(H,23,25). The summed E-state index contributed by atoms with van der Waals surface area (Å²) in [6.45, 7) is 0.914. The van der Waals surface area contributed by atoms with Crippen LogP contribution in [0.25, 0.3) is 0 Å². The number of fused-ring (bicyclic) bond motifs is 1. The number of hydrogen-bond acceptors (Lipinski definition) is 3. The van der Waals surface area contributed by atoms with Crippen LogP contribution in [-0.4, -0.2) is 35.5 Å². The number of carbonyl (C=O) groups is 2. The Bertz CT molecular complexity index is 894. The summed E-state index contributed by atoms with van der Waals surface area (Å²) in [5, 5.41) is 6.79. The SMILES string of the molecule is O=C1NC2(CCN(C(=O)c3cccc(F)c3)CC2)Nc2cccc(Cl)c21. The van der Waals surface area contributed by atoms with Crippen LogP contribution >= 0.6 is 11.6 Å². The minimum Gasteiger partial charge on any atom is -0.362 e. The van der Waals surface area contributed by atoms with E-state index >= 15 is 0 Å². The Morgan fingerprint density at radius 3 is 2.58 bits per heavy atom. The molecule has 2 amide bonds. The van der Waals surface area contributed by atoms with Gasteiger partial charge in [0, 0.05) is 31.5 Å². The van der Waals surface area contributed by atoms with Gasteiger partial charge in [-0.05, 0) is 30.3 Å². The molecule has 2 aliphatic rings. The molecule has 0 radical (unpaired) electrons. The Morgan fingerprint density at radius 2 is 1.85 bits per heavy atom. The molecule has 7 heteroatoms. The van der Waals surface area contributed by atoms with Crippen molar-refractivity contribution in [2.45, 2.75) is 18.5 Å². The van der Waals surface area contributed by atoms with Crippen LogP contribution in [0.1, 0.15) is 33.6 Å². The van der Waals surface area contributed by atoms with Gasteiger partial charge >= 0.3 is 0 Å². The van der Waals surface area contributed by atoms with Crippen LogP contribution in [0, 0.1) is 5.82 Å². The maximum absolute atomic E-state index is 13.4. The van der Waals surface area contributed by atoms with Crippen LogP contribution in [0.4, 0.5) is 10.1 Å². The van der Waals surface area contributed by atoms with Crippen molar-refractivity contribution in [1.29, 1.82) is 0 Å². The van der Waals surface area contributed by atoms with Gasteiger partial charge in [0.05, 0.1) is 16.3 Å². The molecule has 0 aromatic heterocycles. The average molecular weight is 374 g/mol. The van der Waals surface area contributed by atoms with Gasteiger partial charge in [0.2, 0.25) is 0 Å².